The molecule has 2 fully saturated rings. The Morgan fingerprint density at radius 3 is 2.36 bits per heavy atom. The third-order valence-corrected chi connectivity index (χ3v) is 8.68. The van der Waals surface area contributed by atoms with Gasteiger partial charge in [-0.2, -0.15) is 0 Å². The van der Waals surface area contributed by atoms with Crippen LogP contribution in [0.25, 0.3) is 0 Å². The highest BCUT2D eigenvalue weighted by Crippen LogP contribution is 2.50. The lowest BCUT2D eigenvalue weighted by molar-refractivity contribution is -0.161. The first kappa shape index (κ1) is 28.1. The van der Waals surface area contributed by atoms with Gasteiger partial charge in [-0.05, 0) is 37.8 Å². The number of hydrogen-bond acceptors (Lipinski definition) is 9. The molecule has 5 amide bonds. The molecule has 2 aromatic rings. The van der Waals surface area contributed by atoms with E-state index in [1.165, 1.54) is 29.7 Å². The molecule has 2 unspecified atom stereocenters. The molecule has 14 heteroatoms. The monoisotopic (exact) mass is 574 g/mol. The van der Waals surface area contributed by atoms with E-state index in [9.17, 15) is 33.9 Å². The number of carboxylic acids is 1. The highest BCUT2D eigenvalue weighted by Gasteiger charge is 2.64. The molecule has 5 atom stereocenters. The quantitative estimate of drug-likeness (QED) is 0.269. The number of benzene rings is 1. The molecule has 0 radical (unpaired) electrons. The summed E-state index contributed by atoms with van der Waals surface area (Å²) in [7, 11) is 0. The number of aliphatic carboxylic acids is 1. The molecule has 1 aromatic carbocycles. The minimum Gasteiger partial charge on any atom is -0.480 e. The fourth-order valence-electron chi connectivity index (χ4n) is 4.38. The molecule has 2 saturated heterocycles. The van der Waals surface area contributed by atoms with E-state index in [1.54, 1.807) is 55.6 Å². The van der Waals surface area contributed by atoms with Crippen molar-refractivity contribution in [1.29, 1.82) is 0 Å². The molecule has 12 nitrogen and oxygen atoms in total. The van der Waals surface area contributed by atoms with Gasteiger partial charge in [0.05, 0.1) is 0 Å². The lowest BCUT2D eigenvalue weighted by Gasteiger charge is -2.44. The number of nitrogens with zero attached hydrogens (tertiary/aromatic N) is 1. The lowest BCUT2D eigenvalue weighted by Crippen LogP contribution is -2.71. The molecule has 0 bridgehead atoms. The van der Waals surface area contributed by atoms with Crippen LogP contribution < -0.4 is 16.0 Å². The number of carboxylic acid groups (broad SMARTS) is 1. The van der Waals surface area contributed by atoms with Gasteiger partial charge in [0.1, 0.15) is 28.4 Å². The topological polar surface area (TPSA) is 171 Å². The van der Waals surface area contributed by atoms with Crippen LogP contribution in [0, 0.1) is 0 Å². The zero-order valence-corrected chi connectivity index (χ0v) is 22.7. The molecular formula is C25H26N4O8S2. The Morgan fingerprint density at radius 1 is 1.05 bits per heavy atom. The van der Waals surface area contributed by atoms with Crippen molar-refractivity contribution in [2.75, 3.05) is 0 Å². The first-order valence-electron chi connectivity index (χ1n) is 11.8. The number of β-lactam (4-membered cyclic amide) rings is 1. The largest absolute Gasteiger partial charge is 0.480 e. The SMILES string of the molecule is CC(OC(=O)c1cccs1)C(=O)NC(=O)NC(C(=O)N[C@@H]1C(=O)N2[C@@H]1SC(C)(C)[C@@H]2C(=O)O)c1ccccc1. The Kier molecular flexibility index (Phi) is 7.97. The zero-order chi connectivity index (χ0) is 28.5. The summed E-state index contributed by atoms with van der Waals surface area (Å²) >= 11 is 2.41. The standard InChI is InChI=1S/C25H26N4O8S2/c1-12(37-23(35)14-10-7-11-38-14)18(30)28-24(36)27-15(13-8-5-4-6-9-13)19(31)26-16-20(32)29-17(22(33)34)25(2,3)39-21(16)29/h4-12,15-17,21H,1-3H3,(H,26,31)(H,33,34)(H2,27,28,30,36)/t12?,15?,16-,17+,21-/m1/s1. The van der Waals surface area contributed by atoms with Gasteiger partial charge < -0.3 is 25.4 Å². The molecule has 0 aliphatic carbocycles. The van der Waals surface area contributed by atoms with Gasteiger partial charge in [-0.15, -0.1) is 23.1 Å². The normalized spacial score (nSPS) is 22.5. The Morgan fingerprint density at radius 2 is 1.74 bits per heavy atom. The van der Waals surface area contributed by atoms with Crippen LogP contribution >= 0.6 is 23.1 Å². The molecule has 3 heterocycles. The van der Waals surface area contributed by atoms with Gasteiger partial charge >= 0.3 is 18.0 Å². The van der Waals surface area contributed by atoms with Gasteiger partial charge in [-0.3, -0.25) is 19.7 Å². The van der Waals surface area contributed by atoms with Crippen LogP contribution in [-0.2, 0) is 23.9 Å². The maximum Gasteiger partial charge on any atom is 0.349 e. The van der Waals surface area contributed by atoms with Crippen LogP contribution in [0.3, 0.4) is 0 Å². The summed E-state index contributed by atoms with van der Waals surface area (Å²) in [4.78, 5) is 76.6. The van der Waals surface area contributed by atoms with Gasteiger partial charge in [0.2, 0.25) is 11.8 Å². The minimum absolute atomic E-state index is 0.294. The van der Waals surface area contributed by atoms with Crippen LogP contribution in [0.15, 0.2) is 47.8 Å². The maximum atomic E-state index is 13.3. The van der Waals surface area contributed by atoms with E-state index in [4.69, 9.17) is 4.74 Å². The van der Waals surface area contributed by atoms with Crippen molar-refractivity contribution in [3.8, 4) is 0 Å². The lowest BCUT2D eigenvalue weighted by atomic mass is 9.95. The second-order valence-electron chi connectivity index (χ2n) is 9.42. The van der Waals surface area contributed by atoms with E-state index in [-0.39, 0.29) is 0 Å². The van der Waals surface area contributed by atoms with Gasteiger partial charge in [-0.1, -0.05) is 36.4 Å². The first-order chi connectivity index (χ1) is 18.4. The second kappa shape index (κ2) is 11.1. The van der Waals surface area contributed by atoms with Crippen LogP contribution in [0.4, 0.5) is 4.79 Å². The average molecular weight is 575 g/mol. The summed E-state index contributed by atoms with van der Waals surface area (Å²) in [6.07, 6.45) is -1.29. The summed E-state index contributed by atoms with van der Waals surface area (Å²) in [5.41, 5.74) is 0.376. The van der Waals surface area contributed by atoms with E-state index in [0.29, 0.717) is 10.4 Å². The summed E-state index contributed by atoms with van der Waals surface area (Å²) < 4.78 is 4.31. The fraction of sp³-hybridized carbons (Fsp3) is 0.360. The Labute approximate surface area is 231 Å². The molecule has 4 rings (SSSR count). The molecule has 2 aliphatic rings. The van der Waals surface area contributed by atoms with E-state index in [1.807, 2.05) is 0 Å². The molecule has 206 valence electrons. The van der Waals surface area contributed by atoms with Crippen molar-refractivity contribution < 1.29 is 38.6 Å². The van der Waals surface area contributed by atoms with Crippen LogP contribution in [0.5, 0.6) is 0 Å². The first-order valence-corrected chi connectivity index (χ1v) is 13.6. The van der Waals surface area contributed by atoms with E-state index >= 15 is 0 Å². The summed E-state index contributed by atoms with van der Waals surface area (Å²) in [5.74, 6) is -4.01. The zero-order valence-electron chi connectivity index (χ0n) is 21.1. The van der Waals surface area contributed by atoms with Gasteiger partial charge in [-0.25, -0.2) is 14.4 Å². The minimum atomic E-state index is -1.29. The highest BCUT2D eigenvalue weighted by atomic mass is 32.2. The van der Waals surface area contributed by atoms with Gasteiger partial charge in [0.15, 0.2) is 6.10 Å². The van der Waals surface area contributed by atoms with Crippen molar-refractivity contribution in [3.05, 3.63) is 58.3 Å². The number of urea groups is 1. The number of carbonyl (C=O) groups is 6. The van der Waals surface area contributed by atoms with Gasteiger partial charge in [0.25, 0.3) is 5.91 Å². The smallest absolute Gasteiger partial charge is 0.349 e. The van der Waals surface area contributed by atoms with Gasteiger partial charge in [0, 0.05) is 4.75 Å². The number of thiophene rings is 1. The predicted molar refractivity (Wildman–Crippen MR) is 141 cm³/mol. The number of amides is 5. The van der Waals surface area contributed by atoms with Crippen LogP contribution in [-0.4, -0.2) is 74.0 Å². The summed E-state index contributed by atoms with van der Waals surface area (Å²) in [6, 6.07) is 7.02. The van der Waals surface area contributed by atoms with Crippen molar-refractivity contribution >= 4 is 58.8 Å². The second-order valence-corrected chi connectivity index (χ2v) is 12.1. The Hall–Kier alpha value is -3.91. The average Bonchev–Trinajstić information content (AvgIpc) is 3.51. The van der Waals surface area contributed by atoms with E-state index in [2.05, 4.69) is 16.0 Å². The van der Waals surface area contributed by atoms with Crippen molar-refractivity contribution in [3.63, 3.8) is 0 Å². The number of rotatable bonds is 8. The third kappa shape index (κ3) is 5.76. The number of carbonyl (C=O) groups excluding carboxylic acids is 5. The fourth-order valence-corrected chi connectivity index (χ4v) is 6.61. The maximum absolute atomic E-state index is 13.3. The number of hydrogen-bond donors (Lipinski definition) is 4. The number of fused-ring (bicyclic) bond motifs is 1. The van der Waals surface area contributed by atoms with Crippen LogP contribution in [0.2, 0.25) is 0 Å². The number of nitrogens with one attached hydrogen (secondary N) is 3. The Bertz CT molecular complexity index is 1300. The summed E-state index contributed by atoms with van der Waals surface area (Å²) in [6.45, 7) is 4.74. The predicted octanol–water partition coefficient (Wildman–Crippen LogP) is 1.49. The number of ether oxygens (including phenoxy) is 1. The molecule has 39 heavy (non-hydrogen) atoms. The number of imide groups is 1. The molecule has 1 aromatic heterocycles. The summed E-state index contributed by atoms with van der Waals surface area (Å²) in [5, 5.41) is 17.8. The molecule has 0 spiro atoms. The van der Waals surface area contributed by atoms with E-state index in [0.717, 1.165) is 11.3 Å². The Balaban J connectivity index is 1.41. The number of esters is 1. The van der Waals surface area contributed by atoms with Crippen molar-refractivity contribution in [2.24, 2.45) is 0 Å². The molecule has 2 aliphatic heterocycles. The molecule has 0 saturated carbocycles. The highest BCUT2D eigenvalue weighted by molar-refractivity contribution is 8.01. The van der Waals surface area contributed by atoms with Crippen molar-refractivity contribution in [1.82, 2.24) is 20.9 Å². The van der Waals surface area contributed by atoms with Crippen molar-refractivity contribution in [2.45, 2.75) is 55.1 Å². The van der Waals surface area contributed by atoms with E-state index < -0.39 is 70.0 Å². The third-order valence-electron chi connectivity index (χ3n) is 6.26. The molecular weight excluding hydrogens is 548 g/mol. The molecule has 4 N–H and O–H groups in total. The van der Waals surface area contributed by atoms with Crippen LogP contribution in [0.1, 0.15) is 42.0 Å². The number of thioether (sulfide) groups is 1.